The molecule has 0 aliphatic carbocycles. The van der Waals surface area contributed by atoms with E-state index in [2.05, 4.69) is 5.32 Å². The number of carbonyl (C=O) groups is 1. The number of nitrogens with one attached hydrogen (secondary N) is 1. The SMILES string of the molecule is COc1cc(C(=O)NC/C=C/CN)ccc1F. The number of benzene rings is 1. The van der Waals surface area contributed by atoms with Gasteiger partial charge in [0, 0.05) is 18.7 Å². The molecule has 0 saturated carbocycles. The van der Waals surface area contributed by atoms with Crippen molar-refractivity contribution in [2.45, 2.75) is 0 Å². The van der Waals surface area contributed by atoms with Gasteiger partial charge in [-0.15, -0.1) is 0 Å². The summed E-state index contributed by atoms with van der Waals surface area (Å²) in [5, 5.41) is 2.65. The zero-order chi connectivity index (χ0) is 12.7. The van der Waals surface area contributed by atoms with Crippen molar-refractivity contribution in [2.75, 3.05) is 20.2 Å². The van der Waals surface area contributed by atoms with Gasteiger partial charge in [-0.3, -0.25) is 4.79 Å². The van der Waals surface area contributed by atoms with Crippen molar-refractivity contribution in [3.63, 3.8) is 0 Å². The predicted molar refractivity (Wildman–Crippen MR) is 63.5 cm³/mol. The van der Waals surface area contributed by atoms with Crippen LogP contribution in [-0.4, -0.2) is 26.1 Å². The summed E-state index contributed by atoms with van der Waals surface area (Å²) in [6, 6.07) is 3.96. The molecule has 0 aliphatic heterocycles. The van der Waals surface area contributed by atoms with Crippen LogP contribution >= 0.6 is 0 Å². The molecule has 0 bridgehead atoms. The maximum atomic E-state index is 13.1. The number of hydrogen-bond acceptors (Lipinski definition) is 3. The van der Waals surface area contributed by atoms with Gasteiger partial charge < -0.3 is 15.8 Å². The molecule has 0 saturated heterocycles. The Hall–Kier alpha value is -1.88. The summed E-state index contributed by atoms with van der Waals surface area (Å²) in [6.07, 6.45) is 3.49. The highest BCUT2D eigenvalue weighted by Gasteiger charge is 2.08. The quantitative estimate of drug-likeness (QED) is 0.754. The monoisotopic (exact) mass is 238 g/mol. The van der Waals surface area contributed by atoms with Gasteiger partial charge in [-0.2, -0.15) is 0 Å². The van der Waals surface area contributed by atoms with Gasteiger partial charge >= 0.3 is 0 Å². The second-order valence-electron chi connectivity index (χ2n) is 3.27. The summed E-state index contributed by atoms with van der Waals surface area (Å²) in [6.45, 7) is 0.815. The van der Waals surface area contributed by atoms with E-state index in [-0.39, 0.29) is 11.7 Å². The fourth-order valence-electron chi connectivity index (χ4n) is 1.23. The summed E-state index contributed by atoms with van der Waals surface area (Å²) in [7, 11) is 1.35. The van der Waals surface area contributed by atoms with Crippen LogP contribution in [0.4, 0.5) is 4.39 Å². The van der Waals surface area contributed by atoms with Crippen LogP contribution in [0.3, 0.4) is 0 Å². The molecule has 0 atom stereocenters. The molecule has 5 heteroatoms. The highest BCUT2D eigenvalue weighted by atomic mass is 19.1. The molecule has 1 rings (SSSR count). The Morgan fingerprint density at radius 1 is 1.53 bits per heavy atom. The number of hydrogen-bond donors (Lipinski definition) is 2. The van der Waals surface area contributed by atoms with Gasteiger partial charge in [0.05, 0.1) is 7.11 Å². The van der Waals surface area contributed by atoms with Crippen LogP contribution in [0.2, 0.25) is 0 Å². The summed E-state index contributed by atoms with van der Waals surface area (Å²) < 4.78 is 17.9. The average molecular weight is 238 g/mol. The fraction of sp³-hybridized carbons (Fsp3) is 0.250. The molecule has 0 heterocycles. The van der Waals surface area contributed by atoms with Gasteiger partial charge in [0.1, 0.15) is 0 Å². The number of rotatable bonds is 5. The average Bonchev–Trinajstić information content (AvgIpc) is 2.35. The van der Waals surface area contributed by atoms with Crippen LogP contribution in [0.1, 0.15) is 10.4 Å². The lowest BCUT2D eigenvalue weighted by atomic mass is 10.2. The molecule has 1 amide bonds. The summed E-state index contributed by atoms with van der Waals surface area (Å²) >= 11 is 0. The van der Waals surface area contributed by atoms with Crippen LogP contribution in [0.5, 0.6) is 5.75 Å². The van der Waals surface area contributed by atoms with E-state index in [0.29, 0.717) is 18.7 Å². The van der Waals surface area contributed by atoms with E-state index in [0.717, 1.165) is 0 Å². The molecule has 0 radical (unpaired) electrons. The van der Waals surface area contributed by atoms with Crippen molar-refractivity contribution in [3.05, 3.63) is 41.7 Å². The molecule has 3 N–H and O–H groups in total. The molecule has 0 aliphatic rings. The third kappa shape index (κ3) is 3.88. The van der Waals surface area contributed by atoms with Crippen LogP contribution in [0, 0.1) is 5.82 Å². The molecular formula is C12H15FN2O2. The molecule has 1 aromatic rings. The van der Waals surface area contributed by atoms with Gasteiger partial charge in [0.25, 0.3) is 5.91 Å². The second kappa shape index (κ2) is 6.65. The van der Waals surface area contributed by atoms with E-state index in [9.17, 15) is 9.18 Å². The largest absolute Gasteiger partial charge is 0.494 e. The van der Waals surface area contributed by atoms with Crippen LogP contribution in [0.15, 0.2) is 30.4 Å². The molecule has 1 aromatic carbocycles. The third-order valence-corrected chi connectivity index (χ3v) is 2.10. The van der Waals surface area contributed by atoms with Gasteiger partial charge in [-0.1, -0.05) is 12.2 Å². The van der Waals surface area contributed by atoms with Gasteiger partial charge in [0.15, 0.2) is 11.6 Å². The highest BCUT2D eigenvalue weighted by molar-refractivity contribution is 5.94. The van der Waals surface area contributed by atoms with E-state index in [1.165, 1.54) is 25.3 Å². The van der Waals surface area contributed by atoms with Gasteiger partial charge in [-0.05, 0) is 18.2 Å². The number of ether oxygens (including phenoxy) is 1. The minimum Gasteiger partial charge on any atom is -0.494 e. The molecule has 0 aromatic heterocycles. The minimum atomic E-state index is -0.493. The van der Waals surface area contributed by atoms with Crippen LogP contribution in [0.25, 0.3) is 0 Å². The summed E-state index contributed by atoms with van der Waals surface area (Å²) in [4.78, 5) is 11.6. The molecule has 0 unspecified atom stereocenters. The Balaban J connectivity index is 2.66. The first-order chi connectivity index (χ1) is 8.19. The van der Waals surface area contributed by atoms with Crippen molar-refractivity contribution in [2.24, 2.45) is 5.73 Å². The summed E-state index contributed by atoms with van der Waals surface area (Å²) in [5.41, 5.74) is 5.60. The van der Waals surface area contributed by atoms with Crippen molar-refractivity contribution in [1.29, 1.82) is 0 Å². The standard InChI is InChI=1S/C12H15FN2O2/c1-17-11-8-9(4-5-10(11)13)12(16)15-7-3-2-6-14/h2-5,8H,6-7,14H2,1H3,(H,15,16)/b3-2+. The molecule has 92 valence electrons. The Bertz CT molecular complexity index is 419. The predicted octanol–water partition coefficient (Wildman–Crippen LogP) is 1.08. The Morgan fingerprint density at radius 3 is 2.94 bits per heavy atom. The highest BCUT2D eigenvalue weighted by Crippen LogP contribution is 2.17. The van der Waals surface area contributed by atoms with Gasteiger partial charge in [0.2, 0.25) is 0 Å². The lowest BCUT2D eigenvalue weighted by molar-refractivity contribution is 0.0957. The van der Waals surface area contributed by atoms with Crippen LogP contribution in [-0.2, 0) is 0 Å². The minimum absolute atomic E-state index is 0.0511. The van der Waals surface area contributed by atoms with E-state index in [1.54, 1.807) is 12.2 Å². The number of carbonyl (C=O) groups excluding carboxylic acids is 1. The molecule has 0 fully saturated rings. The zero-order valence-electron chi connectivity index (χ0n) is 9.57. The van der Waals surface area contributed by atoms with Crippen LogP contribution < -0.4 is 15.8 Å². The maximum absolute atomic E-state index is 13.1. The van der Waals surface area contributed by atoms with Crippen molar-refractivity contribution < 1.29 is 13.9 Å². The Kier molecular flexibility index (Phi) is 5.16. The number of halogens is 1. The zero-order valence-corrected chi connectivity index (χ0v) is 9.57. The van der Waals surface area contributed by atoms with Crippen molar-refractivity contribution in [1.82, 2.24) is 5.32 Å². The van der Waals surface area contributed by atoms with Crippen molar-refractivity contribution in [3.8, 4) is 5.75 Å². The lowest BCUT2D eigenvalue weighted by Gasteiger charge is -2.05. The second-order valence-corrected chi connectivity index (χ2v) is 3.27. The maximum Gasteiger partial charge on any atom is 0.251 e. The molecule has 17 heavy (non-hydrogen) atoms. The van der Waals surface area contributed by atoms with E-state index >= 15 is 0 Å². The molecule has 0 spiro atoms. The number of nitrogens with two attached hydrogens (primary N) is 1. The fourth-order valence-corrected chi connectivity index (χ4v) is 1.23. The topological polar surface area (TPSA) is 64.3 Å². The number of amides is 1. The first-order valence-corrected chi connectivity index (χ1v) is 5.16. The summed E-state index contributed by atoms with van der Waals surface area (Å²) in [5.74, 6) is -0.729. The first-order valence-electron chi connectivity index (χ1n) is 5.16. The first kappa shape index (κ1) is 13.2. The molecule has 4 nitrogen and oxygen atoms in total. The molecular weight excluding hydrogens is 223 g/mol. The van der Waals surface area contributed by atoms with Gasteiger partial charge in [-0.25, -0.2) is 4.39 Å². The van der Waals surface area contributed by atoms with Crippen molar-refractivity contribution >= 4 is 5.91 Å². The van der Waals surface area contributed by atoms with E-state index in [1.807, 2.05) is 0 Å². The smallest absolute Gasteiger partial charge is 0.251 e. The third-order valence-electron chi connectivity index (χ3n) is 2.10. The normalized spacial score (nSPS) is 10.5. The lowest BCUT2D eigenvalue weighted by Crippen LogP contribution is -2.23. The van der Waals surface area contributed by atoms with E-state index in [4.69, 9.17) is 10.5 Å². The Labute approximate surface area is 99.3 Å². The van der Waals surface area contributed by atoms with E-state index < -0.39 is 5.82 Å². The number of methoxy groups -OCH3 is 1. The Morgan fingerprint density at radius 2 is 2.29 bits per heavy atom.